The molecule has 0 amide bonds. The highest BCUT2D eigenvalue weighted by molar-refractivity contribution is 7.81. The maximum absolute atomic E-state index is 4.61. The first kappa shape index (κ1) is 10.8. The van der Waals surface area contributed by atoms with Crippen LogP contribution in [-0.2, 0) is 0 Å². The Morgan fingerprint density at radius 3 is 2.25 bits per heavy atom. The van der Waals surface area contributed by atoms with Gasteiger partial charge < -0.3 is 0 Å². The Labute approximate surface area is 87.3 Å². The molecule has 12 heavy (non-hydrogen) atoms. The summed E-state index contributed by atoms with van der Waals surface area (Å²) >= 11 is 9.04. The van der Waals surface area contributed by atoms with E-state index in [1.54, 1.807) is 0 Å². The van der Waals surface area contributed by atoms with Crippen molar-refractivity contribution in [3.8, 4) is 0 Å². The van der Waals surface area contributed by atoms with Gasteiger partial charge in [-0.2, -0.15) is 25.3 Å². The maximum Gasteiger partial charge on any atom is 0.00273 e. The lowest BCUT2D eigenvalue weighted by molar-refractivity contribution is 0.126. The Balaban J connectivity index is 2.70. The molecule has 1 aliphatic rings. The van der Waals surface area contributed by atoms with Crippen LogP contribution >= 0.6 is 25.3 Å². The van der Waals surface area contributed by atoms with E-state index >= 15 is 0 Å². The third-order valence-corrected chi connectivity index (χ3v) is 3.93. The lowest BCUT2D eigenvalue weighted by Crippen LogP contribution is -2.37. The third kappa shape index (κ3) is 2.59. The zero-order chi connectivity index (χ0) is 9.41. The SMILES string of the molecule is CC1(C)CC(S)CC(C)(CS)C1. The minimum absolute atomic E-state index is 0.414. The van der Waals surface area contributed by atoms with Crippen molar-refractivity contribution in [3.05, 3.63) is 0 Å². The fourth-order valence-electron chi connectivity index (χ4n) is 2.70. The zero-order valence-electron chi connectivity index (χ0n) is 8.30. The van der Waals surface area contributed by atoms with E-state index in [1.165, 1.54) is 19.3 Å². The summed E-state index contributed by atoms with van der Waals surface area (Å²) in [6.07, 6.45) is 3.77. The monoisotopic (exact) mass is 204 g/mol. The van der Waals surface area contributed by atoms with Gasteiger partial charge in [0.05, 0.1) is 0 Å². The lowest BCUT2D eigenvalue weighted by Gasteiger charge is -2.44. The molecule has 1 fully saturated rings. The molecule has 0 aromatic carbocycles. The van der Waals surface area contributed by atoms with E-state index in [1.807, 2.05) is 0 Å². The van der Waals surface area contributed by atoms with Crippen molar-refractivity contribution in [2.24, 2.45) is 10.8 Å². The molecule has 1 saturated carbocycles. The molecule has 2 unspecified atom stereocenters. The first-order valence-corrected chi connectivity index (χ1v) is 5.81. The molecule has 0 nitrogen and oxygen atoms in total. The molecule has 72 valence electrons. The van der Waals surface area contributed by atoms with Gasteiger partial charge in [-0.15, -0.1) is 0 Å². The summed E-state index contributed by atoms with van der Waals surface area (Å²) in [6, 6.07) is 0. The van der Waals surface area contributed by atoms with Crippen molar-refractivity contribution in [1.82, 2.24) is 0 Å². The molecule has 1 rings (SSSR count). The average molecular weight is 204 g/mol. The zero-order valence-corrected chi connectivity index (χ0v) is 10.1. The van der Waals surface area contributed by atoms with Gasteiger partial charge in [-0.25, -0.2) is 0 Å². The number of hydrogen-bond acceptors (Lipinski definition) is 2. The van der Waals surface area contributed by atoms with Gasteiger partial charge in [0.2, 0.25) is 0 Å². The third-order valence-electron chi connectivity index (χ3n) is 2.80. The summed E-state index contributed by atoms with van der Waals surface area (Å²) in [7, 11) is 0. The summed E-state index contributed by atoms with van der Waals surface area (Å²) in [6.45, 7) is 7.03. The summed E-state index contributed by atoms with van der Waals surface area (Å²) in [5.74, 6) is 0.994. The Hall–Kier alpha value is 0.700. The highest BCUT2D eigenvalue weighted by Gasteiger charge is 2.39. The molecule has 0 aliphatic heterocycles. The quantitative estimate of drug-likeness (QED) is 0.601. The van der Waals surface area contributed by atoms with Gasteiger partial charge in [0.15, 0.2) is 0 Å². The summed E-state index contributed by atoms with van der Waals surface area (Å²) in [5, 5.41) is 0.575. The van der Waals surface area contributed by atoms with E-state index in [0.29, 0.717) is 16.1 Å². The van der Waals surface area contributed by atoms with Crippen molar-refractivity contribution in [2.45, 2.75) is 45.3 Å². The van der Waals surface area contributed by atoms with E-state index in [0.717, 1.165) is 5.75 Å². The van der Waals surface area contributed by atoms with Gasteiger partial charge in [-0.3, -0.25) is 0 Å². The largest absolute Gasteiger partial charge is 0.179 e. The molecule has 2 heteroatoms. The topological polar surface area (TPSA) is 0 Å². The Kier molecular flexibility index (Phi) is 3.10. The van der Waals surface area contributed by atoms with Gasteiger partial charge in [-0.1, -0.05) is 20.8 Å². The minimum atomic E-state index is 0.414. The molecule has 2 atom stereocenters. The molecule has 0 aromatic heterocycles. The van der Waals surface area contributed by atoms with E-state index in [-0.39, 0.29) is 0 Å². The van der Waals surface area contributed by atoms with Crippen molar-refractivity contribution in [3.63, 3.8) is 0 Å². The molecular weight excluding hydrogens is 184 g/mol. The molecule has 0 N–H and O–H groups in total. The predicted octanol–water partition coefficient (Wildman–Crippen LogP) is 3.43. The molecular formula is C10H20S2. The van der Waals surface area contributed by atoms with Crippen LogP contribution in [0.1, 0.15) is 40.0 Å². The van der Waals surface area contributed by atoms with Crippen molar-refractivity contribution >= 4 is 25.3 Å². The van der Waals surface area contributed by atoms with E-state index in [9.17, 15) is 0 Å². The first-order valence-electron chi connectivity index (χ1n) is 4.66. The Morgan fingerprint density at radius 1 is 1.25 bits per heavy atom. The predicted molar refractivity (Wildman–Crippen MR) is 62.4 cm³/mol. The second kappa shape index (κ2) is 3.45. The van der Waals surface area contributed by atoms with Gasteiger partial charge in [-0.05, 0) is 35.8 Å². The Bertz CT molecular complexity index is 165. The molecule has 0 aromatic rings. The van der Waals surface area contributed by atoms with Crippen LogP contribution in [0.4, 0.5) is 0 Å². The maximum atomic E-state index is 4.61. The van der Waals surface area contributed by atoms with Crippen LogP contribution in [0.25, 0.3) is 0 Å². The second-order valence-corrected chi connectivity index (χ2v) is 6.42. The number of thiol groups is 2. The molecule has 0 saturated heterocycles. The normalized spacial score (nSPS) is 41.2. The van der Waals surface area contributed by atoms with Gasteiger partial charge in [0.1, 0.15) is 0 Å². The standard InChI is InChI=1S/C10H20S2/c1-9(2)4-8(12)5-10(3,6-9)7-11/h8,11-12H,4-7H2,1-3H3. The van der Waals surface area contributed by atoms with Crippen LogP contribution in [0.15, 0.2) is 0 Å². The fraction of sp³-hybridized carbons (Fsp3) is 1.00. The average Bonchev–Trinajstić information content (AvgIpc) is 1.82. The molecule has 0 spiro atoms. The first-order chi connectivity index (χ1) is 5.37. The number of rotatable bonds is 1. The summed E-state index contributed by atoms with van der Waals surface area (Å²) in [5.41, 5.74) is 0.874. The highest BCUT2D eigenvalue weighted by Crippen LogP contribution is 2.47. The smallest absolute Gasteiger partial charge is 0.00273 e. The highest BCUT2D eigenvalue weighted by atomic mass is 32.1. The Morgan fingerprint density at radius 2 is 1.83 bits per heavy atom. The number of hydrogen-bond donors (Lipinski definition) is 2. The van der Waals surface area contributed by atoms with Crippen LogP contribution < -0.4 is 0 Å². The minimum Gasteiger partial charge on any atom is -0.179 e. The van der Waals surface area contributed by atoms with Crippen LogP contribution in [0.2, 0.25) is 0 Å². The molecule has 1 aliphatic carbocycles. The van der Waals surface area contributed by atoms with E-state index < -0.39 is 0 Å². The van der Waals surface area contributed by atoms with Crippen LogP contribution in [0.5, 0.6) is 0 Å². The fourth-order valence-corrected chi connectivity index (χ4v) is 3.87. The lowest BCUT2D eigenvalue weighted by atomic mass is 9.65. The van der Waals surface area contributed by atoms with E-state index in [4.69, 9.17) is 0 Å². The van der Waals surface area contributed by atoms with Crippen LogP contribution in [0.3, 0.4) is 0 Å². The van der Waals surface area contributed by atoms with Crippen molar-refractivity contribution in [2.75, 3.05) is 5.75 Å². The molecule has 0 bridgehead atoms. The van der Waals surface area contributed by atoms with Crippen molar-refractivity contribution in [1.29, 1.82) is 0 Å². The van der Waals surface area contributed by atoms with Crippen molar-refractivity contribution < 1.29 is 0 Å². The molecule has 0 heterocycles. The second-order valence-electron chi connectivity index (χ2n) is 5.37. The van der Waals surface area contributed by atoms with Crippen LogP contribution in [-0.4, -0.2) is 11.0 Å². The molecule has 0 radical (unpaired) electrons. The van der Waals surface area contributed by atoms with Gasteiger partial charge in [0, 0.05) is 5.25 Å². The summed E-state index contributed by atoms with van der Waals surface area (Å²) in [4.78, 5) is 0. The van der Waals surface area contributed by atoms with Crippen LogP contribution in [0, 0.1) is 10.8 Å². The van der Waals surface area contributed by atoms with Gasteiger partial charge in [0.25, 0.3) is 0 Å². The summed E-state index contributed by atoms with van der Waals surface area (Å²) < 4.78 is 0. The van der Waals surface area contributed by atoms with Gasteiger partial charge >= 0.3 is 0 Å². The van der Waals surface area contributed by atoms with E-state index in [2.05, 4.69) is 46.0 Å².